The van der Waals surface area contributed by atoms with Gasteiger partial charge in [0.25, 0.3) is 0 Å². The van der Waals surface area contributed by atoms with Crippen molar-refractivity contribution in [1.82, 2.24) is 0 Å². The van der Waals surface area contributed by atoms with Crippen molar-refractivity contribution in [2.45, 2.75) is 23.6 Å². The zero-order valence-electron chi connectivity index (χ0n) is 12.2. The number of hydrogen-bond acceptors (Lipinski definition) is 4. The van der Waals surface area contributed by atoms with Gasteiger partial charge in [-0.1, -0.05) is 24.3 Å². The lowest BCUT2D eigenvalue weighted by molar-refractivity contribution is 0.532. The Morgan fingerprint density at radius 2 is 1.64 bits per heavy atom. The van der Waals surface area contributed by atoms with Crippen LogP contribution in [-0.2, 0) is 9.84 Å². The normalized spacial score (nSPS) is 11.7. The van der Waals surface area contributed by atoms with Gasteiger partial charge in [0.15, 0.2) is 4.90 Å². The Morgan fingerprint density at radius 1 is 0.955 bits per heavy atom. The lowest BCUT2D eigenvalue weighted by Crippen LogP contribution is -2.14. The molecule has 1 heterocycles. The Kier molecular flexibility index (Phi) is 3.37. The molecule has 0 saturated carbocycles. The quantitative estimate of drug-likeness (QED) is 0.681. The fourth-order valence-corrected chi connectivity index (χ4v) is 3.77. The first-order valence-electron chi connectivity index (χ1n) is 6.75. The second-order valence-corrected chi connectivity index (χ2v) is 7.13. The Morgan fingerprint density at radius 3 is 2.32 bits per heavy atom. The highest BCUT2D eigenvalue weighted by Gasteiger charge is 2.23. The van der Waals surface area contributed by atoms with E-state index in [1.54, 1.807) is 24.3 Å². The maximum absolute atomic E-state index is 12.6. The number of hydrogen-bond donors (Lipinski definition) is 0. The zero-order valence-corrected chi connectivity index (χ0v) is 13.0. The summed E-state index contributed by atoms with van der Waals surface area (Å²) < 4.78 is 30.5. The molecule has 0 spiro atoms. The second-order valence-electron chi connectivity index (χ2n) is 5.21. The summed E-state index contributed by atoms with van der Waals surface area (Å²) in [6.45, 7) is 3.75. The van der Waals surface area contributed by atoms with Crippen LogP contribution in [0.25, 0.3) is 11.0 Å². The Balaban J connectivity index is 2.33. The van der Waals surface area contributed by atoms with Crippen LogP contribution in [0.2, 0.25) is 0 Å². The summed E-state index contributed by atoms with van der Waals surface area (Å²) in [7, 11) is -3.89. The molecule has 3 aromatic rings. The van der Waals surface area contributed by atoms with Crippen molar-refractivity contribution in [3.05, 3.63) is 70.1 Å². The van der Waals surface area contributed by atoms with Gasteiger partial charge in [-0.05, 0) is 49.2 Å². The van der Waals surface area contributed by atoms with E-state index in [4.69, 9.17) is 4.42 Å². The van der Waals surface area contributed by atoms with Crippen LogP contribution in [0, 0.1) is 13.8 Å². The van der Waals surface area contributed by atoms with Crippen LogP contribution >= 0.6 is 0 Å². The van der Waals surface area contributed by atoms with E-state index < -0.39 is 15.5 Å². The van der Waals surface area contributed by atoms with Crippen LogP contribution in [0.5, 0.6) is 0 Å². The van der Waals surface area contributed by atoms with Crippen molar-refractivity contribution in [3.8, 4) is 0 Å². The summed E-state index contributed by atoms with van der Waals surface area (Å²) in [6.07, 6.45) is 0. The molecule has 0 saturated heterocycles. The maximum Gasteiger partial charge on any atom is 0.355 e. The first-order valence-corrected chi connectivity index (χ1v) is 8.23. The van der Waals surface area contributed by atoms with Crippen molar-refractivity contribution in [1.29, 1.82) is 0 Å². The SMILES string of the molecule is Cc1cc(C)c2cc(S(=O)(=O)c3ccccc3)c(=O)oc2c1. The molecular formula is C17H14O4S. The van der Waals surface area contributed by atoms with Crippen LogP contribution < -0.4 is 5.63 Å². The minimum atomic E-state index is -3.89. The van der Waals surface area contributed by atoms with E-state index in [0.29, 0.717) is 11.0 Å². The molecule has 1 aromatic heterocycles. The number of benzene rings is 2. The fourth-order valence-electron chi connectivity index (χ4n) is 2.46. The van der Waals surface area contributed by atoms with Gasteiger partial charge in [0, 0.05) is 5.39 Å². The molecule has 3 rings (SSSR count). The molecule has 0 amide bonds. The third-order valence-corrected chi connectivity index (χ3v) is 5.27. The fraction of sp³-hybridized carbons (Fsp3) is 0.118. The standard InChI is InChI=1S/C17H14O4S/c1-11-8-12(2)14-10-16(17(18)21-15(14)9-11)22(19,20)13-6-4-3-5-7-13/h3-10H,1-2H3. The molecule has 0 aliphatic heterocycles. The predicted molar refractivity (Wildman–Crippen MR) is 83.9 cm³/mol. The van der Waals surface area contributed by atoms with Crippen molar-refractivity contribution in [2.75, 3.05) is 0 Å². The highest BCUT2D eigenvalue weighted by molar-refractivity contribution is 7.91. The number of fused-ring (bicyclic) bond motifs is 1. The molecular weight excluding hydrogens is 300 g/mol. The third-order valence-electron chi connectivity index (χ3n) is 3.52. The van der Waals surface area contributed by atoms with Crippen LogP contribution in [-0.4, -0.2) is 8.42 Å². The summed E-state index contributed by atoms with van der Waals surface area (Å²) in [5.74, 6) is 0. The number of rotatable bonds is 2. The number of sulfone groups is 1. The molecule has 0 atom stereocenters. The van der Waals surface area contributed by atoms with Crippen LogP contribution in [0.4, 0.5) is 0 Å². The molecule has 22 heavy (non-hydrogen) atoms. The second kappa shape index (κ2) is 5.10. The van der Waals surface area contributed by atoms with E-state index in [-0.39, 0.29) is 9.79 Å². The van der Waals surface area contributed by atoms with Gasteiger partial charge in [0.1, 0.15) is 5.58 Å². The van der Waals surface area contributed by atoms with Gasteiger partial charge in [0.2, 0.25) is 9.84 Å². The van der Waals surface area contributed by atoms with Gasteiger partial charge in [-0.25, -0.2) is 13.2 Å². The highest BCUT2D eigenvalue weighted by atomic mass is 32.2. The molecule has 112 valence electrons. The summed E-state index contributed by atoms with van der Waals surface area (Å²) in [4.78, 5) is 11.9. The Hall–Kier alpha value is -2.40. The summed E-state index contributed by atoms with van der Waals surface area (Å²) >= 11 is 0. The smallest absolute Gasteiger partial charge is 0.355 e. The number of aryl methyl sites for hydroxylation is 2. The van der Waals surface area contributed by atoms with Crippen molar-refractivity contribution < 1.29 is 12.8 Å². The first kappa shape index (κ1) is 14.5. The predicted octanol–water partition coefficient (Wildman–Crippen LogP) is 3.24. The van der Waals surface area contributed by atoms with Crippen LogP contribution in [0.3, 0.4) is 0 Å². The minimum Gasteiger partial charge on any atom is -0.422 e. The van der Waals surface area contributed by atoms with E-state index in [0.717, 1.165) is 11.1 Å². The molecule has 4 nitrogen and oxygen atoms in total. The molecule has 2 aromatic carbocycles. The highest BCUT2D eigenvalue weighted by Crippen LogP contribution is 2.24. The Bertz CT molecular complexity index is 1020. The van der Waals surface area contributed by atoms with E-state index in [2.05, 4.69) is 0 Å². The summed E-state index contributed by atoms with van der Waals surface area (Å²) in [6, 6.07) is 12.9. The maximum atomic E-state index is 12.6. The van der Waals surface area contributed by atoms with Crippen LogP contribution in [0.15, 0.2) is 67.5 Å². The molecule has 0 unspecified atom stereocenters. The molecule has 0 aliphatic rings. The average molecular weight is 314 g/mol. The topological polar surface area (TPSA) is 64.3 Å². The largest absolute Gasteiger partial charge is 0.422 e. The first-order chi connectivity index (χ1) is 10.4. The van der Waals surface area contributed by atoms with E-state index >= 15 is 0 Å². The molecule has 5 heteroatoms. The lowest BCUT2D eigenvalue weighted by atomic mass is 10.1. The minimum absolute atomic E-state index is 0.0754. The molecule has 0 bridgehead atoms. The van der Waals surface area contributed by atoms with E-state index in [9.17, 15) is 13.2 Å². The Labute approximate surface area is 127 Å². The van der Waals surface area contributed by atoms with Gasteiger partial charge in [0.05, 0.1) is 4.90 Å². The van der Waals surface area contributed by atoms with Crippen LogP contribution in [0.1, 0.15) is 11.1 Å². The van der Waals surface area contributed by atoms with Gasteiger partial charge >= 0.3 is 5.63 Å². The summed E-state index contributed by atoms with van der Waals surface area (Å²) in [5, 5.41) is 0.625. The average Bonchev–Trinajstić information content (AvgIpc) is 2.47. The molecule has 0 aliphatic carbocycles. The van der Waals surface area contributed by atoms with Gasteiger partial charge in [-0.15, -0.1) is 0 Å². The van der Waals surface area contributed by atoms with Crippen molar-refractivity contribution in [3.63, 3.8) is 0 Å². The monoisotopic (exact) mass is 314 g/mol. The molecule has 0 N–H and O–H groups in total. The van der Waals surface area contributed by atoms with Crippen molar-refractivity contribution >= 4 is 20.8 Å². The van der Waals surface area contributed by atoms with Gasteiger partial charge < -0.3 is 4.42 Å². The molecule has 0 radical (unpaired) electrons. The molecule has 0 fully saturated rings. The van der Waals surface area contributed by atoms with Crippen molar-refractivity contribution in [2.24, 2.45) is 0 Å². The van der Waals surface area contributed by atoms with E-state index in [1.807, 2.05) is 19.9 Å². The van der Waals surface area contributed by atoms with E-state index in [1.165, 1.54) is 18.2 Å². The zero-order chi connectivity index (χ0) is 15.9. The van der Waals surface area contributed by atoms with Gasteiger partial charge in [-0.3, -0.25) is 0 Å². The summed E-state index contributed by atoms with van der Waals surface area (Å²) in [5.41, 5.74) is 1.37. The third kappa shape index (κ3) is 2.33. The van der Waals surface area contributed by atoms with Gasteiger partial charge in [-0.2, -0.15) is 0 Å². The lowest BCUT2D eigenvalue weighted by Gasteiger charge is -2.07.